The summed E-state index contributed by atoms with van der Waals surface area (Å²) in [6, 6.07) is 5.68. The summed E-state index contributed by atoms with van der Waals surface area (Å²) < 4.78 is 0. The number of nitrogens with one attached hydrogen (secondary N) is 1. The van der Waals surface area contributed by atoms with E-state index in [1.54, 1.807) is 6.07 Å². The zero-order valence-corrected chi connectivity index (χ0v) is 12.9. The molecule has 0 saturated carbocycles. The van der Waals surface area contributed by atoms with Gasteiger partial charge in [0, 0.05) is 17.1 Å². The molecule has 1 aliphatic heterocycles. The van der Waals surface area contributed by atoms with Crippen LogP contribution in [0.2, 0.25) is 5.02 Å². The molecular weight excluding hydrogens is 270 g/mol. The molecule has 0 bridgehead atoms. The minimum atomic E-state index is 0.0685. The molecule has 1 saturated heterocycles. The molecule has 1 unspecified atom stereocenters. The van der Waals surface area contributed by atoms with E-state index in [1.807, 2.05) is 12.1 Å². The van der Waals surface area contributed by atoms with Crippen molar-refractivity contribution in [2.45, 2.75) is 39.2 Å². The molecule has 1 heterocycles. The molecular formula is C16H24ClN3. The van der Waals surface area contributed by atoms with Crippen LogP contribution in [0.4, 0.5) is 0 Å². The normalized spacial score (nSPS) is 20.6. The Labute approximate surface area is 126 Å². The Bertz CT molecular complexity index is 473. The first kappa shape index (κ1) is 15.3. The first-order chi connectivity index (χ1) is 9.60. The lowest BCUT2D eigenvalue weighted by Crippen LogP contribution is -2.24. The molecule has 0 radical (unpaired) electrons. The standard InChI is InChI=1S/C16H24ClN3/c1-2-12-4-3-8-20(9-7-12)11-14-6-5-13(16(18)19)10-15(14)17/h5-6,10,12H,2-4,7-9,11H2,1H3,(H3,18,19). The van der Waals surface area contributed by atoms with Crippen LogP contribution in [0.3, 0.4) is 0 Å². The average molecular weight is 294 g/mol. The van der Waals surface area contributed by atoms with E-state index in [2.05, 4.69) is 11.8 Å². The summed E-state index contributed by atoms with van der Waals surface area (Å²) in [6.45, 7) is 5.50. The van der Waals surface area contributed by atoms with Gasteiger partial charge >= 0.3 is 0 Å². The fourth-order valence-electron chi connectivity index (χ4n) is 2.88. The highest BCUT2D eigenvalue weighted by molar-refractivity contribution is 6.31. The summed E-state index contributed by atoms with van der Waals surface area (Å²) in [4.78, 5) is 2.49. The van der Waals surface area contributed by atoms with Crippen LogP contribution in [0, 0.1) is 11.3 Å². The fraction of sp³-hybridized carbons (Fsp3) is 0.562. The third-order valence-corrected chi connectivity index (χ3v) is 4.63. The molecule has 0 spiro atoms. The van der Waals surface area contributed by atoms with E-state index in [4.69, 9.17) is 22.7 Å². The summed E-state index contributed by atoms with van der Waals surface area (Å²) in [7, 11) is 0. The Hall–Kier alpha value is -1.06. The van der Waals surface area contributed by atoms with Gasteiger partial charge in [0.25, 0.3) is 0 Å². The van der Waals surface area contributed by atoms with Gasteiger partial charge in [-0.2, -0.15) is 0 Å². The smallest absolute Gasteiger partial charge is 0.122 e. The Morgan fingerprint density at radius 3 is 2.85 bits per heavy atom. The van der Waals surface area contributed by atoms with Crippen LogP contribution in [0.1, 0.15) is 43.7 Å². The number of nitrogens with two attached hydrogens (primary N) is 1. The van der Waals surface area contributed by atoms with Crippen molar-refractivity contribution in [3.05, 3.63) is 34.3 Å². The fourth-order valence-corrected chi connectivity index (χ4v) is 3.12. The molecule has 0 aromatic heterocycles. The molecule has 1 atom stereocenters. The minimum absolute atomic E-state index is 0.0685. The van der Waals surface area contributed by atoms with Gasteiger partial charge in [-0.15, -0.1) is 0 Å². The van der Waals surface area contributed by atoms with E-state index in [1.165, 1.54) is 25.7 Å². The molecule has 3 nitrogen and oxygen atoms in total. The van der Waals surface area contributed by atoms with Gasteiger partial charge in [0.1, 0.15) is 5.84 Å². The lowest BCUT2D eigenvalue weighted by molar-refractivity contribution is 0.272. The van der Waals surface area contributed by atoms with E-state index in [0.717, 1.165) is 31.1 Å². The predicted octanol–water partition coefficient (Wildman–Crippen LogP) is 3.64. The third kappa shape index (κ3) is 3.97. The summed E-state index contributed by atoms with van der Waals surface area (Å²) in [6.07, 6.45) is 5.22. The van der Waals surface area contributed by atoms with Gasteiger partial charge in [-0.3, -0.25) is 10.3 Å². The maximum Gasteiger partial charge on any atom is 0.122 e. The molecule has 20 heavy (non-hydrogen) atoms. The van der Waals surface area contributed by atoms with Crippen LogP contribution >= 0.6 is 11.6 Å². The summed E-state index contributed by atoms with van der Waals surface area (Å²) in [5, 5.41) is 8.15. The number of rotatable bonds is 4. The number of likely N-dealkylation sites (tertiary alicyclic amines) is 1. The van der Waals surface area contributed by atoms with E-state index in [-0.39, 0.29) is 5.84 Å². The maximum absolute atomic E-state index is 7.44. The van der Waals surface area contributed by atoms with Crippen molar-refractivity contribution in [1.29, 1.82) is 5.41 Å². The van der Waals surface area contributed by atoms with Crippen LogP contribution in [-0.2, 0) is 6.54 Å². The van der Waals surface area contributed by atoms with Gasteiger partial charge < -0.3 is 5.73 Å². The van der Waals surface area contributed by atoms with Crippen LogP contribution in [0.25, 0.3) is 0 Å². The monoisotopic (exact) mass is 293 g/mol. The highest BCUT2D eigenvalue weighted by Crippen LogP contribution is 2.24. The Kier molecular flexibility index (Phi) is 5.44. The second kappa shape index (κ2) is 7.09. The topological polar surface area (TPSA) is 53.1 Å². The number of nitrogen functional groups attached to an aromatic ring is 1. The number of hydrogen-bond donors (Lipinski definition) is 2. The summed E-state index contributed by atoms with van der Waals surface area (Å²) in [5.41, 5.74) is 7.31. The van der Waals surface area contributed by atoms with Gasteiger partial charge in [-0.25, -0.2) is 0 Å². The van der Waals surface area contributed by atoms with E-state index in [9.17, 15) is 0 Å². The number of nitrogens with zero attached hydrogens (tertiary/aromatic N) is 1. The first-order valence-corrected chi connectivity index (χ1v) is 7.83. The molecule has 4 heteroatoms. The summed E-state index contributed by atoms with van der Waals surface area (Å²) >= 11 is 6.31. The van der Waals surface area contributed by atoms with Crippen LogP contribution in [0.5, 0.6) is 0 Å². The van der Waals surface area contributed by atoms with Crippen molar-refractivity contribution in [2.24, 2.45) is 11.7 Å². The molecule has 1 aliphatic rings. The van der Waals surface area contributed by atoms with Crippen LogP contribution in [0.15, 0.2) is 18.2 Å². The molecule has 0 aliphatic carbocycles. The SMILES string of the molecule is CCC1CCCN(Cc2ccc(C(=N)N)cc2Cl)CC1. The van der Waals surface area contributed by atoms with E-state index < -0.39 is 0 Å². The number of hydrogen-bond acceptors (Lipinski definition) is 2. The highest BCUT2D eigenvalue weighted by Gasteiger charge is 2.16. The quantitative estimate of drug-likeness (QED) is 0.658. The molecule has 1 aromatic rings. The van der Waals surface area contributed by atoms with Crippen molar-refractivity contribution < 1.29 is 0 Å². The van der Waals surface area contributed by atoms with Crippen molar-refractivity contribution in [3.8, 4) is 0 Å². The van der Waals surface area contributed by atoms with E-state index in [0.29, 0.717) is 10.6 Å². The van der Waals surface area contributed by atoms with Gasteiger partial charge in [0.2, 0.25) is 0 Å². The van der Waals surface area contributed by atoms with Gasteiger partial charge in [0.15, 0.2) is 0 Å². The largest absolute Gasteiger partial charge is 0.384 e. The highest BCUT2D eigenvalue weighted by atomic mass is 35.5. The lowest BCUT2D eigenvalue weighted by atomic mass is 9.98. The Morgan fingerprint density at radius 1 is 1.40 bits per heavy atom. The van der Waals surface area contributed by atoms with Gasteiger partial charge in [-0.1, -0.05) is 37.1 Å². The van der Waals surface area contributed by atoms with E-state index >= 15 is 0 Å². The minimum Gasteiger partial charge on any atom is -0.384 e. The third-order valence-electron chi connectivity index (χ3n) is 4.28. The predicted molar refractivity (Wildman–Crippen MR) is 85.4 cm³/mol. The molecule has 3 N–H and O–H groups in total. The molecule has 110 valence electrons. The van der Waals surface area contributed by atoms with Crippen molar-refractivity contribution >= 4 is 17.4 Å². The first-order valence-electron chi connectivity index (χ1n) is 7.45. The van der Waals surface area contributed by atoms with Crippen LogP contribution < -0.4 is 5.73 Å². The van der Waals surface area contributed by atoms with Crippen molar-refractivity contribution in [3.63, 3.8) is 0 Å². The summed E-state index contributed by atoms with van der Waals surface area (Å²) in [5.74, 6) is 0.953. The zero-order valence-electron chi connectivity index (χ0n) is 12.2. The second-order valence-corrected chi connectivity index (χ2v) is 6.11. The molecule has 0 amide bonds. The second-order valence-electron chi connectivity index (χ2n) is 5.70. The van der Waals surface area contributed by atoms with Crippen LogP contribution in [-0.4, -0.2) is 23.8 Å². The van der Waals surface area contributed by atoms with Gasteiger partial charge in [0.05, 0.1) is 0 Å². The number of amidine groups is 1. The number of halogens is 1. The maximum atomic E-state index is 7.44. The molecule has 2 rings (SSSR count). The Morgan fingerprint density at radius 2 is 2.20 bits per heavy atom. The lowest BCUT2D eigenvalue weighted by Gasteiger charge is -2.21. The average Bonchev–Trinajstić information content (AvgIpc) is 2.66. The van der Waals surface area contributed by atoms with Crippen molar-refractivity contribution in [1.82, 2.24) is 4.90 Å². The number of benzene rings is 1. The molecule has 1 aromatic carbocycles. The van der Waals surface area contributed by atoms with Gasteiger partial charge in [-0.05, 0) is 49.9 Å². The van der Waals surface area contributed by atoms with Crippen molar-refractivity contribution in [2.75, 3.05) is 13.1 Å². The Balaban J connectivity index is 2.01. The molecule has 1 fully saturated rings. The zero-order chi connectivity index (χ0) is 14.5.